The van der Waals surface area contributed by atoms with Crippen molar-refractivity contribution in [2.45, 2.75) is 24.9 Å². The molecular weight excluding hydrogens is 444 g/mol. The molecule has 0 saturated heterocycles. The van der Waals surface area contributed by atoms with Crippen molar-refractivity contribution in [3.05, 3.63) is 65.5 Å². The second kappa shape index (κ2) is 12.5. The van der Waals surface area contributed by atoms with Crippen LogP contribution in [0.2, 0.25) is 0 Å². The molecule has 6 nitrogen and oxygen atoms in total. The van der Waals surface area contributed by atoms with Crippen molar-refractivity contribution in [2.24, 2.45) is 5.73 Å². The molecule has 0 bridgehead atoms. The Hall–Kier alpha value is -2.35. The zero-order chi connectivity index (χ0) is 30.0. The molecule has 0 aliphatic rings. The molecule has 0 saturated carbocycles. The number of nitrogens with two attached hydrogens (primary N) is 1. The average Bonchev–Trinajstić information content (AvgIpc) is 2.79. The largest absolute Gasteiger partial charge is 0.480 e. The summed E-state index contributed by atoms with van der Waals surface area (Å²) < 4.78 is 76.0. The molecule has 0 aromatic heterocycles. The highest BCUT2D eigenvalue weighted by Crippen LogP contribution is 2.16. The highest BCUT2D eigenvalue weighted by atomic mass is 35.5. The third-order valence-electron chi connectivity index (χ3n) is 4.26. The lowest BCUT2D eigenvalue weighted by Gasteiger charge is -2.23. The van der Waals surface area contributed by atoms with Crippen LogP contribution in [0.25, 0.3) is 0 Å². The van der Waals surface area contributed by atoms with Crippen LogP contribution in [0.3, 0.4) is 0 Å². The molecule has 1 amide bonds. The zero-order valence-corrected chi connectivity index (χ0v) is 17.6. The number of halogens is 3. The smallest absolute Gasteiger partial charge is 0.326 e. The van der Waals surface area contributed by atoms with Crippen LogP contribution < -0.4 is 16.0 Å². The monoisotopic (exact) mass is 477 g/mol. The Balaban J connectivity index is 2.23. The van der Waals surface area contributed by atoms with Gasteiger partial charge in [-0.2, -0.15) is 0 Å². The number of aliphatic carboxylic acids is 1. The highest BCUT2D eigenvalue weighted by Gasteiger charge is 2.24. The number of amides is 1. The molecule has 2 aromatic carbocycles. The first kappa shape index (κ1) is 15.5. The van der Waals surface area contributed by atoms with Gasteiger partial charge in [-0.25, -0.2) is 9.18 Å². The van der Waals surface area contributed by atoms with E-state index in [1.165, 1.54) is 24.3 Å². The third kappa shape index (κ3) is 8.01. The first-order valence-electron chi connectivity index (χ1n) is 13.0. The van der Waals surface area contributed by atoms with Gasteiger partial charge in [-0.1, -0.05) is 24.3 Å². The Labute approximate surface area is 202 Å². The SMILES string of the molecule is [2H]C([2H])(Cl)C([2H])([2H])N(c1ccc(C[C@H](N)C(=O)N[C@@H](Cc2ccc(F)cc2)C(=O)O)cc1)C([2H])([2H])C([2H])([2H])Cl. The van der Waals surface area contributed by atoms with Gasteiger partial charge in [-0.3, -0.25) is 4.79 Å². The minimum Gasteiger partial charge on any atom is -0.480 e. The zero-order valence-electron chi connectivity index (χ0n) is 24.1. The van der Waals surface area contributed by atoms with Crippen LogP contribution in [-0.4, -0.2) is 53.7 Å². The number of nitrogens with one attached hydrogen (secondary N) is 1. The van der Waals surface area contributed by atoms with Crippen LogP contribution >= 0.6 is 23.2 Å². The molecule has 168 valence electrons. The topological polar surface area (TPSA) is 95.7 Å². The summed E-state index contributed by atoms with van der Waals surface area (Å²) in [6, 6.07) is 7.46. The maximum atomic E-state index is 13.1. The molecule has 0 unspecified atom stereocenters. The van der Waals surface area contributed by atoms with Gasteiger partial charge in [0.2, 0.25) is 5.91 Å². The Morgan fingerprint density at radius 2 is 1.55 bits per heavy atom. The molecule has 2 rings (SSSR count). The average molecular weight is 478 g/mol. The number of carboxylic acids is 1. The van der Waals surface area contributed by atoms with E-state index in [-0.39, 0.29) is 23.4 Å². The summed E-state index contributed by atoms with van der Waals surface area (Å²) in [7, 11) is 0. The number of rotatable bonds is 12. The number of anilines is 1. The maximum absolute atomic E-state index is 13.1. The quantitative estimate of drug-likeness (QED) is 0.408. The van der Waals surface area contributed by atoms with Crippen molar-refractivity contribution in [1.29, 1.82) is 0 Å². The summed E-state index contributed by atoms with van der Waals surface area (Å²) >= 11 is 11.1. The van der Waals surface area contributed by atoms with Crippen LogP contribution in [0.5, 0.6) is 0 Å². The van der Waals surface area contributed by atoms with Crippen molar-refractivity contribution >= 4 is 40.8 Å². The molecule has 0 radical (unpaired) electrons. The van der Waals surface area contributed by atoms with Crippen LogP contribution in [0.15, 0.2) is 48.5 Å². The van der Waals surface area contributed by atoms with E-state index in [2.05, 4.69) is 5.32 Å². The Morgan fingerprint density at radius 1 is 1.03 bits per heavy atom. The lowest BCUT2D eigenvalue weighted by Crippen LogP contribution is -2.50. The van der Waals surface area contributed by atoms with E-state index in [0.717, 1.165) is 24.3 Å². The summed E-state index contributed by atoms with van der Waals surface area (Å²) in [4.78, 5) is 24.4. The summed E-state index contributed by atoms with van der Waals surface area (Å²) in [5.74, 6) is -8.97. The van der Waals surface area contributed by atoms with Gasteiger partial charge in [0.05, 0.1) is 11.5 Å². The fourth-order valence-electron chi connectivity index (χ4n) is 2.70. The lowest BCUT2D eigenvalue weighted by molar-refractivity contribution is -0.141. The van der Waals surface area contributed by atoms with E-state index >= 15 is 0 Å². The van der Waals surface area contributed by atoms with Crippen molar-refractivity contribution in [3.8, 4) is 0 Å². The van der Waals surface area contributed by atoms with Crippen molar-refractivity contribution < 1.29 is 30.1 Å². The molecule has 0 aliphatic heterocycles. The van der Waals surface area contributed by atoms with E-state index in [9.17, 15) is 19.1 Å². The molecule has 0 aliphatic carbocycles. The van der Waals surface area contributed by atoms with Gasteiger partial charge in [-0.05, 0) is 41.8 Å². The number of carbonyl (C=O) groups is 2. The molecule has 0 heterocycles. The van der Waals surface area contributed by atoms with Crippen LogP contribution in [0.4, 0.5) is 10.1 Å². The van der Waals surface area contributed by atoms with Gasteiger partial charge in [0.1, 0.15) is 11.9 Å². The van der Waals surface area contributed by atoms with Crippen LogP contribution in [0, 0.1) is 5.82 Å². The van der Waals surface area contributed by atoms with Crippen LogP contribution in [-0.2, 0) is 22.4 Å². The number of benzene rings is 2. The second-order valence-corrected chi connectivity index (χ2v) is 6.83. The number of carboxylic acid groups (broad SMARTS) is 1. The van der Waals surface area contributed by atoms with Gasteiger partial charge in [0.15, 0.2) is 0 Å². The number of nitrogens with zero attached hydrogens (tertiary/aromatic N) is 1. The number of carbonyl (C=O) groups excluding carboxylic acids is 1. The second-order valence-electron chi connectivity index (χ2n) is 6.46. The molecular formula is C22H26Cl2FN3O3. The molecule has 0 fully saturated rings. The number of hydrogen-bond acceptors (Lipinski definition) is 4. The molecule has 2 aromatic rings. The standard InChI is InChI=1S/C22H26Cl2FN3O3/c23-9-11-28(12-10-24)18-7-3-15(4-8-18)13-19(26)21(29)27-20(22(30)31)14-16-1-5-17(25)6-2-16/h1-8,19-20H,9-14,26H2,(H,27,29)(H,30,31)/t19-,20-/m0/s1/i9D2,10D2,11D2,12D2. The Bertz CT molecular complexity index is 1140. The summed E-state index contributed by atoms with van der Waals surface area (Å²) in [6.07, 6.45) is -0.244. The minimum atomic E-state index is -3.28. The Morgan fingerprint density at radius 3 is 2.06 bits per heavy atom. The van der Waals surface area contributed by atoms with E-state index in [1.807, 2.05) is 0 Å². The minimum absolute atomic E-state index is 0.120. The fraction of sp³-hybridized carbons (Fsp3) is 0.364. The van der Waals surface area contributed by atoms with E-state index in [4.69, 9.17) is 39.9 Å². The summed E-state index contributed by atoms with van der Waals surface area (Å²) in [5.41, 5.74) is 6.49. The molecule has 2 atom stereocenters. The number of hydrogen-bond donors (Lipinski definition) is 3. The normalized spacial score (nSPS) is 18.5. The first-order valence-corrected chi connectivity index (χ1v) is 9.74. The summed E-state index contributed by atoms with van der Waals surface area (Å²) in [5, 5.41) is 11.8. The van der Waals surface area contributed by atoms with E-state index < -0.39 is 54.4 Å². The first-order chi connectivity index (χ1) is 17.7. The predicted octanol–water partition coefficient (Wildman–Crippen LogP) is 2.79. The molecule has 31 heavy (non-hydrogen) atoms. The molecule has 9 heteroatoms. The van der Waals surface area contributed by atoms with Gasteiger partial charge in [0, 0.05) is 42.2 Å². The molecule has 4 N–H and O–H groups in total. The third-order valence-corrected chi connectivity index (χ3v) is 4.43. The maximum Gasteiger partial charge on any atom is 0.326 e. The van der Waals surface area contributed by atoms with Crippen molar-refractivity contribution in [3.63, 3.8) is 0 Å². The van der Waals surface area contributed by atoms with Crippen LogP contribution in [0.1, 0.15) is 22.1 Å². The van der Waals surface area contributed by atoms with E-state index in [1.54, 1.807) is 0 Å². The molecule has 0 spiro atoms. The Kier molecular flexibility index (Phi) is 6.23. The van der Waals surface area contributed by atoms with E-state index in [0.29, 0.717) is 11.1 Å². The fourth-order valence-corrected chi connectivity index (χ4v) is 2.87. The highest BCUT2D eigenvalue weighted by molar-refractivity contribution is 6.18. The van der Waals surface area contributed by atoms with Gasteiger partial charge in [0.25, 0.3) is 0 Å². The predicted molar refractivity (Wildman–Crippen MR) is 121 cm³/mol. The van der Waals surface area contributed by atoms with Gasteiger partial charge < -0.3 is 21.1 Å². The lowest BCUT2D eigenvalue weighted by atomic mass is 10.0. The van der Waals surface area contributed by atoms with Gasteiger partial charge >= 0.3 is 5.97 Å². The number of alkyl halides is 2. The van der Waals surface area contributed by atoms with Crippen molar-refractivity contribution in [2.75, 3.05) is 29.6 Å². The summed E-state index contributed by atoms with van der Waals surface area (Å²) in [6.45, 7) is -6.57. The van der Waals surface area contributed by atoms with Crippen molar-refractivity contribution in [1.82, 2.24) is 5.32 Å². The van der Waals surface area contributed by atoms with Gasteiger partial charge in [-0.15, -0.1) is 23.2 Å².